The molecule has 1 heterocycles. The standard InChI is InChI=1S/C15H12ClF3S/c16-15(14-10(18)6-9(17)7-11(14)19)13-5-8-3-1-2-4-12(8)20-13/h5-7,15H,1-4H2. The Morgan fingerprint density at radius 1 is 1.00 bits per heavy atom. The Labute approximate surface area is 124 Å². The number of fused-ring (bicyclic) bond motifs is 1. The molecule has 1 aromatic heterocycles. The van der Waals surface area contributed by atoms with Crippen LogP contribution in [-0.4, -0.2) is 0 Å². The third-order valence-corrected chi connectivity index (χ3v) is 5.45. The molecule has 0 amide bonds. The minimum Gasteiger partial charge on any atom is -0.207 e. The molecule has 0 saturated heterocycles. The summed E-state index contributed by atoms with van der Waals surface area (Å²) in [7, 11) is 0. The van der Waals surface area contributed by atoms with E-state index in [4.69, 9.17) is 11.6 Å². The predicted molar refractivity (Wildman–Crippen MR) is 75.0 cm³/mol. The van der Waals surface area contributed by atoms with Gasteiger partial charge >= 0.3 is 0 Å². The van der Waals surface area contributed by atoms with Gasteiger partial charge in [-0.2, -0.15) is 0 Å². The Kier molecular flexibility index (Phi) is 3.78. The van der Waals surface area contributed by atoms with Gasteiger partial charge in [0.1, 0.15) is 17.5 Å². The highest BCUT2D eigenvalue weighted by Gasteiger charge is 2.24. The summed E-state index contributed by atoms with van der Waals surface area (Å²) in [5.41, 5.74) is 0.955. The molecule has 1 aliphatic rings. The molecule has 1 unspecified atom stereocenters. The van der Waals surface area contributed by atoms with Crippen LogP contribution < -0.4 is 0 Å². The van der Waals surface area contributed by atoms with E-state index in [2.05, 4.69) is 0 Å². The lowest BCUT2D eigenvalue weighted by molar-refractivity contribution is 0.526. The molecule has 1 aliphatic carbocycles. The van der Waals surface area contributed by atoms with Crippen molar-refractivity contribution in [2.45, 2.75) is 31.1 Å². The lowest BCUT2D eigenvalue weighted by atomic mass is 9.98. The van der Waals surface area contributed by atoms with Crippen LogP contribution in [0.4, 0.5) is 13.2 Å². The molecule has 3 rings (SSSR count). The summed E-state index contributed by atoms with van der Waals surface area (Å²) < 4.78 is 40.5. The molecule has 0 spiro atoms. The Morgan fingerprint density at radius 2 is 1.65 bits per heavy atom. The van der Waals surface area contributed by atoms with Crippen LogP contribution in [0.5, 0.6) is 0 Å². The first-order chi connectivity index (χ1) is 9.56. The summed E-state index contributed by atoms with van der Waals surface area (Å²) in [6, 6.07) is 3.27. The third kappa shape index (κ3) is 2.47. The number of rotatable bonds is 2. The van der Waals surface area contributed by atoms with Gasteiger partial charge in [-0.25, -0.2) is 13.2 Å². The highest BCUT2D eigenvalue weighted by atomic mass is 35.5. The molecular weight excluding hydrogens is 305 g/mol. The molecule has 0 radical (unpaired) electrons. The molecule has 106 valence electrons. The van der Waals surface area contributed by atoms with Gasteiger partial charge in [-0.1, -0.05) is 0 Å². The van der Waals surface area contributed by atoms with Crippen LogP contribution in [0.2, 0.25) is 0 Å². The third-order valence-electron chi connectivity index (χ3n) is 3.56. The zero-order valence-corrected chi connectivity index (χ0v) is 12.1. The summed E-state index contributed by atoms with van der Waals surface area (Å²) in [4.78, 5) is 1.97. The second-order valence-electron chi connectivity index (χ2n) is 4.95. The molecule has 2 aromatic rings. The first kappa shape index (κ1) is 14.0. The van der Waals surface area contributed by atoms with Crippen molar-refractivity contribution in [2.24, 2.45) is 0 Å². The Bertz CT molecular complexity index is 604. The lowest BCUT2D eigenvalue weighted by Crippen LogP contribution is -2.01. The zero-order chi connectivity index (χ0) is 14.3. The molecule has 0 N–H and O–H groups in total. The summed E-state index contributed by atoms with van der Waals surface area (Å²) in [5, 5.41) is -0.911. The maximum Gasteiger partial charge on any atom is 0.134 e. The quantitative estimate of drug-likeness (QED) is 0.653. The van der Waals surface area contributed by atoms with Crippen LogP contribution in [0.25, 0.3) is 0 Å². The minimum atomic E-state index is -0.936. The van der Waals surface area contributed by atoms with Gasteiger partial charge in [0, 0.05) is 27.5 Å². The first-order valence-electron chi connectivity index (χ1n) is 6.46. The number of benzene rings is 1. The van der Waals surface area contributed by atoms with Crippen molar-refractivity contribution in [3.8, 4) is 0 Å². The van der Waals surface area contributed by atoms with Crippen molar-refractivity contribution < 1.29 is 13.2 Å². The lowest BCUT2D eigenvalue weighted by Gasteiger charge is -2.10. The van der Waals surface area contributed by atoms with E-state index in [0.717, 1.165) is 30.6 Å². The van der Waals surface area contributed by atoms with Crippen molar-refractivity contribution in [3.63, 3.8) is 0 Å². The van der Waals surface area contributed by atoms with Gasteiger partial charge in [-0.15, -0.1) is 22.9 Å². The van der Waals surface area contributed by atoms with Gasteiger partial charge in [-0.3, -0.25) is 0 Å². The highest BCUT2D eigenvalue weighted by molar-refractivity contribution is 7.12. The van der Waals surface area contributed by atoms with Crippen molar-refractivity contribution in [3.05, 3.63) is 56.5 Å². The average molecular weight is 317 g/mol. The summed E-state index contributed by atoms with van der Waals surface area (Å²) in [6.45, 7) is 0. The molecule has 0 bridgehead atoms. The van der Waals surface area contributed by atoms with E-state index in [9.17, 15) is 13.2 Å². The van der Waals surface area contributed by atoms with E-state index in [1.54, 1.807) is 0 Å². The Balaban J connectivity index is 2.00. The van der Waals surface area contributed by atoms with Gasteiger partial charge in [0.15, 0.2) is 0 Å². The van der Waals surface area contributed by atoms with Crippen LogP contribution in [0.3, 0.4) is 0 Å². The Hall–Kier alpha value is -1.00. The predicted octanol–water partition coefficient (Wildman–Crippen LogP) is 5.37. The van der Waals surface area contributed by atoms with E-state index in [1.807, 2.05) is 6.07 Å². The fraction of sp³-hybridized carbons (Fsp3) is 0.333. The number of halogens is 4. The largest absolute Gasteiger partial charge is 0.207 e. The van der Waals surface area contributed by atoms with Gasteiger partial charge < -0.3 is 0 Å². The smallest absolute Gasteiger partial charge is 0.134 e. The van der Waals surface area contributed by atoms with Crippen LogP contribution >= 0.6 is 22.9 Å². The molecule has 1 atom stereocenters. The second-order valence-corrected chi connectivity index (χ2v) is 6.55. The monoisotopic (exact) mass is 316 g/mol. The first-order valence-corrected chi connectivity index (χ1v) is 7.71. The highest BCUT2D eigenvalue weighted by Crippen LogP contribution is 2.40. The van der Waals surface area contributed by atoms with Crippen LogP contribution in [0.15, 0.2) is 18.2 Å². The van der Waals surface area contributed by atoms with E-state index >= 15 is 0 Å². The molecule has 0 saturated carbocycles. The van der Waals surface area contributed by atoms with E-state index in [-0.39, 0.29) is 5.56 Å². The van der Waals surface area contributed by atoms with E-state index < -0.39 is 22.8 Å². The fourth-order valence-electron chi connectivity index (χ4n) is 2.58. The van der Waals surface area contributed by atoms with Gasteiger partial charge in [0.2, 0.25) is 0 Å². The molecule has 1 aromatic carbocycles. The van der Waals surface area contributed by atoms with Gasteiger partial charge in [-0.05, 0) is 37.3 Å². The van der Waals surface area contributed by atoms with E-state index in [1.165, 1.54) is 21.8 Å². The van der Waals surface area contributed by atoms with Crippen LogP contribution in [-0.2, 0) is 12.8 Å². The van der Waals surface area contributed by atoms with Crippen molar-refractivity contribution in [1.82, 2.24) is 0 Å². The van der Waals surface area contributed by atoms with E-state index in [0.29, 0.717) is 12.1 Å². The van der Waals surface area contributed by atoms with Crippen molar-refractivity contribution in [1.29, 1.82) is 0 Å². The normalized spacial score (nSPS) is 16.0. The van der Waals surface area contributed by atoms with Gasteiger partial charge in [0.05, 0.1) is 5.38 Å². The zero-order valence-electron chi connectivity index (χ0n) is 10.6. The maximum absolute atomic E-state index is 13.8. The number of hydrogen-bond donors (Lipinski definition) is 0. The fourth-order valence-corrected chi connectivity index (χ4v) is 4.23. The Morgan fingerprint density at radius 3 is 2.30 bits per heavy atom. The number of hydrogen-bond acceptors (Lipinski definition) is 1. The number of aryl methyl sites for hydroxylation is 2. The topological polar surface area (TPSA) is 0 Å². The SMILES string of the molecule is Fc1cc(F)c(C(Cl)c2cc3c(s2)CCCC3)c(F)c1. The number of thiophene rings is 1. The minimum absolute atomic E-state index is 0.272. The molecular formula is C15H12ClF3S. The summed E-state index contributed by atoms with van der Waals surface area (Å²) in [6.07, 6.45) is 4.26. The maximum atomic E-state index is 13.8. The van der Waals surface area contributed by atoms with Crippen LogP contribution in [0.1, 0.15) is 39.1 Å². The number of alkyl halides is 1. The van der Waals surface area contributed by atoms with Gasteiger partial charge in [0.25, 0.3) is 0 Å². The molecule has 0 aliphatic heterocycles. The molecule has 20 heavy (non-hydrogen) atoms. The van der Waals surface area contributed by atoms with Crippen molar-refractivity contribution >= 4 is 22.9 Å². The second kappa shape index (κ2) is 5.41. The molecule has 0 nitrogen and oxygen atoms in total. The molecule has 5 heteroatoms. The van der Waals surface area contributed by atoms with Crippen molar-refractivity contribution in [2.75, 3.05) is 0 Å². The molecule has 0 fully saturated rings. The summed E-state index contributed by atoms with van der Waals surface area (Å²) >= 11 is 7.72. The average Bonchev–Trinajstić information content (AvgIpc) is 2.81. The van der Waals surface area contributed by atoms with Crippen LogP contribution in [0, 0.1) is 17.5 Å². The summed E-state index contributed by atoms with van der Waals surface area (Å²) in [5.74, 6) is -2.80.